The van der Waals surface area contributed by atoms with Gasteiger partial charge in [-0.1, -0.05) is 176 Å². The first-order valence-electron chi connectivity index (χ1n) is 19.0. The lowest BCUT2D eigenvalue weighted by molar-refractivity contribution is 0.673. The quantitative estimate of drug-likeness (QED) is 0.132. The zero-order valence-electron chi connectivity index (χ0n) is 29.9. The maximum absolute atomic E-state index is 6.67. The molecule has 0 saturated carbocycles. The van der Waals surface area contributed by atoms with Crippen LogP contribution in [0.15, 0.2) is 199 Å². The normalized spacial score (nSPS) is 12.0. The van der Waals surface area contributed by atoms with Crippen molar-refractivity contribution in [2.75, 3.05) is 0 Å². The molecular formula is C54H32O. The van der Waals surface area contributed by atoms with Gasteiger partial charge in [-0.25, -0.2) is 0 Å². The molecule has 0 amide bonds. The van der Waals surface area contributed by atoms with Crippen LogP contribution in [-0.4, -0.2) is 0 Å². The molecule has 0 bridgehead atoms. The van der Waals surface area contributed by atoms with E-state index in [0.717, 1.165) is 27.3 Å². The summed E-state index contributed by atoms with van der Waals surface area (Å²) in [5.74, 6) is 0. The molecule has 0 N–H and O–H groups in total. The lowest BCUT2D eigenvalue weighted by Crippen LogP contribution is -1.92. The zero-order chi connectivity index (χ0) is 36.0. The lowest BCUT2D eigenvalue weighted by atomic mass is 9.84. The fourth-order valence-corrected chi connectivity index (χ4v) is 9.44. The number of hydrogen-bond donors (Lipinski definition) is 0. The predicted molar refractivity (Wildman–Crippen MR) is 235 cm³/mol. The van der Waals surface area contributed by atoms with E-state index in [0.29, 0.717) is 0 Å². The fraction of sp³-hybridized carbons (Fsp3) is 0. The highest BCUT2D eigenvalue weighted by Crippen LogP contribution is 2.48. The molecular weight excluding hydrogens is 665 g/mol. The molecule has 1 heteroatoms. The molecule has 11 aromatic carbocycles. The molecule has 0 aliphatic rings. The maximum atomic E-state index is 6.67. The molecule has 1 aromatic heterocycles. The maximum Gasteiger partial charge on any atom is 0.143 e. The van der Waals surface area contributed by atoms with Gasteiger partial charge in [-0.2, -0.15) is 0 Å². The summed E-state index contributed by atoms with van der Waals surface area (Å²) in [7, 11) is 0. The van der Waals surface area contributed by atoms with E-state index < -0.39 is 0 Å². The summed E-state index contributed by atoms with van der Waals surface area (Å²) < 4.78 is 6.67. The van der Waals surface area contributed by atoms with Gasteiger partial charge in [0.25, 0.3) is 0 Å². The van der Waals surface area contributed by atoms with E-state index in [-0.39, 0.29) is 0 Å². The number of furan rings is 1. The van der Waals surface area contributed by atoms with Gasteiger partial charge < -0.3 is 4.42 Å². The van der Waals surface area contributed by atoms with Gasteiger partial charge in [-0.3, -0.25) is 0 Å². The molecule has 0 aliphatic heterocycles. The molecule has 0 fully saturated rings. The molecule has 254 valence electrons. The number of hydrogen-bond acceptors (Lipinski definition) is 1. The summed E-state index contributed by atoms with van der Waals surface area (Å²) in [6.07, 6.45) is 0. The Balaban J connectivity index is 1.11. The van der Waals surface area contributed by atoms with Crippen LogP contribution >= 0.6 is 0 Å². The Bertz CT molecular complexity index is 3470. The highest BCUT2D eigenvalue weighted by molar-refractivity contribution is 6.27. The highest BCUT2D eigenvalue weighted by Gasteiger charge is 2.21. The zero-order valence-corrected chi connectivity index (χ0v) is 29.9. The molecule has 0 atom stereocenters. The minimum absolute atomic E-state index is 0.908. The Kier molecular flexibility index (Phi) is 6.40. The minimum Gasteiger partial charge on any atom is -0.455 e. The molecule has 12 rings (SSSR count). The summed E-state index contributed by atoms with van der Waals surface area (Å²) in [6.45, 7) is 0. The molecule has 1 heterocycles. The molecule has 0 aliphatic carbocycles. The fourth-order valence-electron chi connectivity index (χ4n) is 9.44. The Morgan fingerprint density at radius 1 is 0.273 bits per heavy atom. The number of rotatable bonds is 3. The minimum atomic E-state index is 0.908. The van der Waals surface area contributed by atoms with Crippen molar-refractivity contribution in [2.24, 2.45) is 0 Å². The van der Waals surface area contributed by atoms with Crippen molar-refractivity contribution in [2.45, 2.75) is 0 Å². The van der Waals surface area contributed by atoms with Crippen molar-refractivity contribution in [1.29, 1.82) is 0 Å². The van der Waals surface area contributed by atoms with E-state index in [1.807, 2.05) is 0 Å². The molecule has 55 heavy (non-hydrogen) atoms. The standard InChI is InChI=1S/C54H32O/c1-4-15-39-33(12-1)24-29-38-32-37-14-3-5-16-40(37)50(51(38)39)36-27-25-35(26-28-36)49-42-18-7-9-20-44(42)52(45-21-10-8-19-43(45)49)46-22-11-23-48-53(46)47-31-30-34-13-2-6-17-41(34)54(47)55-48/h1-32H. The van der Waals surface area contributed by atoms with Crippen LogP contribution in [-0.2, 0) is 0 Å². The summed E-state index contributed by atoms with van der Waals surface area (Å²) in [6, 6.07) is 71.1. The van der Waals surface area contributed by atoms with Gasteiger partial charge >= 0.3 is 0 Å². The molecule has 0 saturated heterocycles. The van der Waals surface area contributed by atoms with Crippen molar-refractivity contribution in [1.82, 2.24) is 0 Å². The SMILES string of the molecule is c1ccc2c(-c3ccc(-c4c5ccccc5c(-c5cccc6oc7c8ccccc8ccc7c56)c5ccccc45)cc3)c3c(ccc4ccccc43)cc2c1. The second-order valence-corrected chi connectivity index (χ2v) is 14.7. The topological polar surface area (TPSA) is 13.1 Å². The third-order valence-electron chi connectivity index (χ3n) is 11.8. The van der Waals surface area contributed by atoms with E-state index in [1.54, 1.807) is 0 Å². The first kappa shape index (κ1) is 30.3. The summed E-state index contributed by atoms with van der Waals surface area (Å²) in [4.78, 5) is 0. The van der Waals surface area contributed by atoms with Crippen LogP contribution in [0, 0.1) is 0 Å². The molecule has 12 aromatic rings. The van der Waals surface area contributed by atoms with E-state index in [9.17, 15) is 0 Å². The third kappa shape index (κ3) is 4.41. The Labute approximate surface area is 317 Å². The van der Waals surface area contributed by atoms with Crippen LogP contribution in [0.1, 0.15) is 0 Å². The third-order valence-corrected chi connectivity index (χ3v) is 11.8. The van der Waals surface area contributed by atoms with Gasteiger partial charge in [0.1, 0.15) is 11.2 Å². The van der Waals surface area contributed by atoms with Gasteiger partial charge in [0, 0.05) is 16.2 Å². The molecule has 1 nitrogen and oxygen atoms in total. The van der Waals surface area contributed by atoms with Gasteiger partial charge in [-0.05, 0) is 111 Å². The first-order valence-corrected chi connectivity index (χ1v) is 19.0. The largest absolute Gasteiger partial charge is 0.455 e. The van der Waals surface area contributed by atoms with Crippen LogP contribution in [0.4, 0.5) is 0 Å². The Morgan fingerprint density at radius 3 is 1.47 bits per heavy atom. The van der Waals surface area contributed by atoms with Gasteiger partial charge in [-0.15, -0.1) is 0 Å². The number of benzene rings is 11. The van der Waals surface area contributed by atoms with E-state index in [4.69, 9.17) is 4.42 Å². The van der Waals surface area contributed by atoms with Crippen molar-refractivity contribution in [3.8, 4) is 33.4 Å². The molecule has 0 radical (unpaired) electrons. The van der Waals surface area contributed by atoms with Crippen LogP contribution in [0.25, 0.3) is 120 Å². The summed E-state index contributed by atoms with van der Waals surface area (Å²) >= 11 is 0. The average molecular weight is 697 g/mol. The summed E-state index contributed by atoms with van der Waals surface area (Å²) in [5.41, 5.74) is 9.25. The summed E-state index contributed by atoms with van der Waals surface area (Å²) in [5, 5.41) is 17.2. The van der Waals surface area contributed by atoms with Gasteiger partial charge in [0.15, 0.2) is 0 Å². The van der Waals surface area contributed by atoms with Crippen LogP contribution < -0.4 is 0 Å². The molecule has 0 spiro atoms. The monoisotopic (exact) mass is 696 g/mol. The highest BCUT2D eigenvalue weighted by atomic mass is 16.3. The first-order chi connectivity index (χ1) is 27.3. The van der Waals surface area contributed by atoms with Crippen LogP contribution in [0.2, 0.25) is 0 Å². The van der Waals surface area contributed by atoms with E-state index in [1.165, 1.54) is 92.6 Å². The Hall–Kier alpha value is -7.22. The van der Waals surface area contributed by atoms with Gasteiger partial charge in [0.05, 0.1) is 0 Å². The average Bonchev–Trinajstić information content (AvgIpc) is 3.65. The molecule has 0 unspecified atom stereocenters. The van der Waals surface area contributed by atoms with Crippen molar-refractivity contribution < 1.29 is 4.42 Å². The van der Waals surface area contributed by atoms with Gasteiger partial charge in [0.2, 0.25) is 0 Å². The van der Waals surface area contributed by atoms with Crippen LogP contribution in [0.5, 0.6) is 0 Å². The van der Waals surface area contributed by atoms with Crippen LogP contribution in [0.3, 0.4) is 0 Å². The predicted octanol–water partition coefficient (Wildman–Crippen LogP) is 15.5. The Morgan fingerprint density at radius 2 is 0.782 bits per heavy atom. The van der Waals surface area contributed by atoms with Crippen molar-refractivity contribution >= 4 is 86.6 Å². The second kappa shape index (κ2) is 11.6. The van der Waals surface area contributed by atoms with E-state index >= 15 is 0 Å². The van der Waals surface area contributed by atoms with Crippen molar-refractivity contribution in [3.63, 3.8) is 0 Å². The second-order valence-electron chi connectivity index (χ2n) is 14.7. The smallest absolute Gasteiger partial charge is 0.143 e. The van der Waals surface area contributed by atoms with E-state index in [2.05, 4.69) is 194 Å². The number of fused-ring (bicyclic) bond motifs is 11. The lowest BCUT2D eigenvalue weighted by Gasteiger charge is -2.19. The van der Waals surface area contributed by atoms with Crippen molar-refractivity contribution in [3.05, 3.63) is 194 Å².